The van der Waals surface area contributed by atoms with Gasteiger partial charge in [0.2, 0.25) is 0 Å². The van der Waals surface area contributed by atoms with Gasteiger partial charge in [-0.25, -0.2) is 0 Å². The zero-order chi connectivity index (χ0) is 24.2. The summed E-state index contributed by atoms with van der Waals surface area (Å²) in [6.07, 6.45) is 0.334. The van der Waals surface area contributed by atoms with Gasteiger partial charge >= 0.3 is 5.97 Å². The molecule has 0 radical (unpaired) electrons. The smallest absolute Gasteiger partial charge is 0.303 e. The molecule has 23 heavy (non-hydrogen) atoms. The lowest BCUT2D eigenvalue weighted by Crippen LogP contribution is -1.98. The van der Waals surface area contributed by atoms with Crippen LogP contribution >= 0.6 is 0 Å². The molecule has 0 fully saturated rings. The van der Waals surface area contributed by atoms with Crippen LogP contribution in [0.15, 0.2) is 48.4 Å². The standard InChI is InChI=1S/C20H32O3/c1-2-3-4-5-10-13-16-19(21)17-14-11-8-6-7-9-12-15-18-20(22)23/h7-11,13-14,17,19,21H,2-6,12,15-16,18H2,1H3,(H,22,23)/i7D,8D,9D,10D,11D,13D,17D,19D. The Morgan fingerprint density at radius 1 is 1.13 bits per heavy atom. The number of aliphatic carboxylic acids is 1. The molecule has 3 nitrogen and oxygen atoms in total. The van der Waals surface area contributed by atoms with E-state index < -0.39 is 36.6 Å². The van der Waals surface area contributed by atoms with Gasteiger partial charge in [-0.05, 0) is 38.5 Å². The zero-order valence-electron chi connectivity index (χ0n) is 21.7. The lowest BCUT2D eigenvalue weighted by Gasteiger charge is -1.99. The molecule has 0 aliphatic heterocycles. The summed E-state index contributed by atoms with van der Waals surface area (Å²) in [5.74, 6) is -1.01. The van der Waals surface area contributed by atoms with E-state index in [2.05, 4.69) is 0 Å². The molecule has 1 unspecified atom stereocenters. The summed E-state index contributed by atoms with van der Waals surface area (Å²) in [5.41, 5.74) is 0. The first-order valence-electron chi connectivity index (χ1n) is 11.9. The molecule has 130 valence electrons. The normalized spacial score (nSPS) is 23.1. The fourth-order valence-corrected chi connectivity index (χ4v) is 1.49. The van der Waals surface area contributed by atoms with Crippen LogP contribution in [0.4, 0.5) is 0 Å². The fourth-order valence-electron chi connectivity index (χ4n) is 1.49. The monoisotopic (exact) mass is 328 g/mol. The molecule has 0 heterocycles. The lowest BCUT2D eigenvalue weighted by atomic mass is 10.1. The van der Waals surface area contributed by atoms with Crippen molar-refractivity contribution in [2.75, 3.05) is 0 Å². The maximum atomic E-state index is 10.5. The molecule has 0 aliphatic carbocycles. The molecule has 0 spiro atoms. The second-order valence-corrected chi connectivity index (χ2v) is 4.82. The molecule has 0 aromatic heterocycles. The van der Waals surface area contributed by atoms with Gasteiger partial charge in [0.05, 0.1) is 17.0 Å². The molecule has 0 bridgehead atoms. The number of hydrogen-bond donors (Lipinski definition) is 2. The molecule has 1 atom stereocenters. The minimum atomic E-state index is -2.53. The maximum Gasteiger partial charge on any atom is 0.303 e. The summed E-state index contributed by atoms with van der Waals surface area (Å²) < 4.78 is 62.7. The van der Waals surface area contributed by atoms with E-state index in [0.29, 0.717) is 6.42 Å². The van der Waals surface area contributed by atoms with E-state index in [1.807, 2.05) is 6.92 Å². The van der Waals surface area contributed by atoms with E-state index in [-0.39, 0.29) is 49.9 Å². The Labute approximate surface area is 152 Å². The van der Waals surface area contributed by atoms with E-state index in [9.17, 15) is 9.90 Å². The first kappa shape index (κ1) is 11.0. The summed E-state index contributed by atoms with van der Waals surface area (Å²) in [6.45, 7) is 2.00. The van der Waals surface area contributed by atoms with Gasteiger partial charge < -0.3 is 10.2 Å². The van der Waals surface area contributed by atoms with Crippen molar-refractivity contribution in [1.29, 1.82) is 0 Å². The third-order valence-electron chi connectivity index (χ3n) is 2.69. The van der Waals surface area contributed by atoms with Crippen LogP contribution in [0, 0.1) is 0 Å². The van der Waals surface area contributed by atoms with Crippen LogP contribution in [-0.4, -0.2) is 22.3 Å². The van der Waals surface area contributed by atoms with Gasteiger partial charge in [0, 0.05) is 6.42 Å². The number of unbranched alkanes of at least 4 members (excludes halogenated alkanes) is 2. The van der Waals surface area contributed by atoms with Crippen LogP contribution in [0.3, 0.4) is 0 Å². The van der Waals surface area contributed by atoms with Gasteiger partial charge in [0.1, 0.15) is 0 Å². The number of hydrogen-bond acceptors (Lipinski definition) is 2. The van der Waals surface area contributed by atoms with E-state index in [4.69, 9.17) is 16.1 Å². The predicted octanol–water partition coefficient (Wildman–Crippen LogP) is 5.19. The van der Waals surface area contributed by atoms with Crippen molar-refractivity contribution in [1.82, 2.24) is 0 Å². The van der Waals surface area contributed by atoms with Crippen molar-refractivity contribution in [2.45, 2.75) is 70.8 Å². The van der Waals surface area contributed by atoms with E-state index in [1.54, 1.807) is 0 Å². The van der Waals surface area contributed by atoms with Gasteiger partial charge in [0.15, 0.2) is 0 Å². The number of rotatable bonds is 14. The van der Waals surface area contributed by atoms with Gasteiger partial charge in [-0.1, -0.05) is 68.2 Å². The highest BCUT2D eigenvalue weighted by molar-refractivity contribution is 5.66. The highest BCUT2D eigenvalue weighted by Crippen LogP contribution is 2.02. The largest absolute Gasteiger partial charge is 0.481 e. The van der Waals surface area contributed by atoms with Gasteiger partial charge in [0.25, 0.3) is 0 Å². The Hall–Kier alpha value is -1.61. The topological polar surface area (TPSA) is 57.5 Å². The van der Waals surface area contributed by atoms with Crippen molar-refractivity contribution in [3.8, 4) is 0 Å². The zero-order valence-corrected chi connectivity index (χ0v) is 13.7. The highest BCUT2D eigenvalue weighted by Gasteiger charge is 1.93. The SMILES string of the molecule is [2H]C(=CC([2H])=C([2H])CC([2H])=C([2H])CCCC(=O)O)C([2H])(O)CC([2H])=C([2H])CCCCC. The second kappa shape index (κ2) is 16.8. The van der Waals surface area contributed by atoms with Crippen molar-refractivity contribution in [2.24, 2.45) is 0 Å². The number of carbonyl (C=O) groups is 1. The molecule has 0 saturated carbocycles. The number of carboxylic acid groups (broad SMARTS) is 1. The minimum Gasteiger partial charge on any atom is -0.481 e. The first-order chi connectivity index (χ1) is 14.3. The van der Waals surface area contributed by atoms with Crippen LogP contribution in [0.1, 0.15) is 75.7 Å². The van der Waals surface area contributed by atoms with Crippen molar-refractivity contribution >= 4 is 5.97 Å². The summed E-state index contributed by atoms with van der Waals surface area (Å²) in [5, 5.41) is 18.8. The highest BCUT2D eigenvalue weighted by atomic mass is 16.4. The molecule has 3 heteroatoms. The van der Waals surface area contributed by atoms with Crippen molar-refractivity contribution < 1.29 is 26.0 Å². The molecule has 0 aromatic carbocycles. The van der Waals surface area contributed by atoms with Crippen molar-refractivity contribution in [3.05, 3.63) is 48.4 Å². The molecule has 2 N–H and O–H groups in total. The Bertz CT molecular complexity index is 739. The Morgan fingerprint density at radius 2 is 1.87 bits per heavy atom. The molecule has 0 aromatic rings. The quantitative estimate of drug-likeness (QED) is 0.262. The number of aliphatic hydroxyl groups is 1. The molecule has 0 amide bonds. The summed E-state index contributed by atoms with van der Waals surface area (Å²) >= 11 is 0. The van der Waals surface area contributed by atoms with Gasteiger partial charge in [-0.2, -0.15) is 0 Å². The average molecular weight is 329 g/mol. The van der Waals surface area contributed by atoms with Gasteiger partial charge in [-0.15, -0.1) is 0 Å². The Balaban J connectivity index is 5.24. The van der Waals surface area contributed by atoms with E-state index >= 15 is 0 Å². The van der Waals surface area contributed by atoms with E-state index in [1.165, 1.54) is 0 Å². The van der Waals surface area contributed by atoms with Crippen molar-refractivity contribution in [3.63, 3.8) is 0 Å². The minimum absolute atomic E-state index is 0.00963. The Morgan fingerprint density at radius 3 is 2.61 bits per heavy atom. The predicted molar refractivity (Wildman–Crippen MR) is 97.4 cm³/mol. The summed E-state index contributed by atoms with van der Waals surface area (Å²) in [7, 11) is 0. The molecule has 0 rings (SSSR count). The van der Waals surface area contributed by atoms with Crippen LogP contribution in [0.2, 0.25) is 0 Å². The second-order valence-electron chi connectivity index (χ2n) is 4.82. The maximum absolute atomic E-state index is 10.5. The summed E-state index contributed by atoms with van der Waals surface area (Å²) in [4.78, 5) is 10.5. The number of allylic oxidation sites excluding steroid dienone is 6. The number of carboxylic acids is 1. The molecule has 0 saturated heterocycles. The summed E-state index contributed by atoms with van der Waals surface area (Å²) in [6, 6.07) is -2.27. The van der Waals surface area contributed by atoms with Gasteiger partial charge in [-0.3, -0.25) is 4.79 Å². The molecule has 0 aliphatic rings. The van der Waals surface area contributed by atoms with Crippen LogP contribution in [0.25, 0.3) is 0 Å². The fraction of sp³-hybridized carbons (Fsp3) is 0.550. The van der Waals surface area contributed by atoms with E-state index in [0.717, 1.165) is 25.3 Å². The first-order valence-corrected chi connectivity index (χ1v) is 7.91. The van der Waals surface area contributed by atoms with Crippen LogP contribution in [-0.2, 0) is 4.79 Å². The third-order valence-corrected chi connectivity index (χ3v) is 2.69. The average Bonchev–Trinajstić information content (AvgIpc) is 2.66. The molecular formula is C20H32O3. The Kier molecular flexibility index (Phi) is 8.04. The lowest BCUT2D eigenvalue weighted by molar-refractivity contribution is -0.137. The molecular weight excluding hydrogens is 288 g/mol. The van der Waals surface area contributed by atoms with Crippen LogP contribution < -0.4 is 0 Å². The third kappa shape index (κ3) is 18.3. The van der Waals surface area contributed by atoms with Crippen LogP contribution in [0.5, 0.6) is 0 Å².